The van der Waals surface area contributed by atoms with E-state index in [9.17, 15) is 13.2 Å². The number of halogens is 1. The normalized spacial score (nSPS) is 19.1. The summed E-state index contributed by atoms with van der Waals surface area (Å²) >= 11 is 6.36. The predicted octanol–water partition coefficient (Wildman–Crippen LogP) is 4.28. The van der Waals surface area contributed by atoms with Gasteiger partial charge in [0, 0.05) is 42.8 Å². The Labute approximate surface area is 202 Å². The molecule has 6 nitrogen and oxygen atoms in total. The minimum absolute atomic E-state index is 0.0682. The number of pyridine rings is 1. The van der Waals surface area contributed by atoms with Crippen LogP contribution in [0.5, 0.6) is 0 Å². The number of likely N-dealkylation sites (tertiary alicyclic amines) is 1. The van der Waals surface area contributed by atoms with Crippen molar-refractivity contribution in [2.75, 3.05) is 32.4 Å². The topological polar surface area (TPSA) is 70.6 Å². The average molecular weight is 490 g/mol. The van der Waals surface area contributed by atoms with Crippen LogP contribution in [0, 0.1) is 12.8 Å². The van der Waals surface area contributed by atoms with E-state index in [0.29, 0.717) is 42.6 Å². The second-order valence-electron chi connectivity index (χ2n) is 9.46. The molecule has 1 aromatic carbocycles. The summed E-state index contributed by atoms with van der Waals surface area (Å²) in [5, 5.41) is 0.503. The number of carbonyl (C=O) groups is 1. The van der Waals surface area contributed by atoms with Gasteiger partial charge >= 0.3 is 0 Å². The van der Waals surface area contributed by atoms with Crippen LogP contribution < -0.4 is 0 Å². The SMILES string of the molecule is Cc1cccc(CC2CCN(C(=O)c3cc(Cl)cc(C4CCN(S(C)(=O)=O)CC4)n3)CC2)c1. The van der Waals surface area contributed by atoms with Gasteiger partial charge in [0.25, 0.3) is 5.91 Å². The van der Waals surface area contributed by atoms with E-state index < -0.39 is 10.0 Å². The van der Waals surface area contributed by atoms with Crippen LogP contribution in [0.15, 0.2) is 36.4 Å². The summed E-state index contributed by atoms with van der Waals surface area (Å²) in [5.74, 6) is 0.619. The van der Waals surface area contributed by atoms with Crippen LogP contribution >= 0.6 is 11.6 Å². The first-order chi connectivity index (χ1) is 15.7. The Morgan fingerprint density at radius 2 is 1.76 bits per heavy atom. The molecule has 4 rings (SSSR count). The fraction of sp³-hybridized carbons (Fsp3) is 0.520. The number of aryl methyl sites for hydroxylation is 1. The van der Waals surface area contributed by atoms with Crippen LogP contribution in [0.3, 0.4) is 0 Å². The van der Waals surface area contributed by atoms with Crippen molar-refractivity contribution in [1.29, 1.82) is 0 Å². The quantitative estimate of drug-likeness (QED) is 0.628. The van der Waals surface area contributed by atoms with E-state index in [-0.39, 0.29) is 11.8 Å². The Morgan fingerprint density at radius 3 is 2.39 bits per heavy atom. The van der Waals surface area contributed by atoms with Gasteiger partial charge in [-0.3, -0.25) is 4.79 Å². The number of carbonyl (C=O) groups excluding carboxylic acids is 1. The Bertz CT molecular complexity index is 1110. The van der Waals surface area contributed by atoms with E-state index in [0.717, 1.165) is 38.0 Å². The molecule has 0 spiro atoms. The number of piperidine rings is 2. The molecule has 0 saturated carbocycles. The zero-order valence-corrected chi connectivity index (χ0v) is 20.9. The fourth-order valence-electron chi connectivity index (χ4n) is 4.99. The maximum atomic E-state index is 13.2. The minimum Gasteiger partial charge on any atom is -0.337 e. The summed E-state index contributed by atoms with van der Waals surface area (Å²) in [6.07, 6.45) is 5.62. The number of hydrogen-bond acceptors (Lipinski definition) is 4. The number of benzene rings is 1. The summed E-state index contributed by atoms with van der Waals surface area (Å²) in [6, 6.07) is 12.1. The molecule has 3 heterocycles. The maximum Gasteiger partial charge on any atom is 0.272 e. The van der Waals surface area contributed by atoms with Crippen LogP contribution in [0.25, 0.3) is 0 Å². The monoisotopic (exact) mass is 489 g/mol. The van der Waals surface area contributed by atoms with E-state index in [4.69, 9.17) is 11.6 Å². The summed E-state index contributed by atoms with van der Waals surface area (Å²) in [6.45, 7) is 4.51. The fourth-order valence-corrected chi connectivity index (χ4v) is 6.08. The number of sulfonamides is 1. The van der Waals surface area contributed by atoms with Crippen molar-refractivity contribution in [3.8, 4) is 0 Å². The largest absolute Gasteiger partial charge is 0.337 e. The van der Waals surface area contributed by atoms with Crippen molar-refractivity contribution in [2.24, 2.45) is 5.92 Å². The third kappa shape index (κ3) is 6.14. The molecule has 8 heteroatoms. The molecule has 1 aromatic heterocycles. The Hall–Kier alpha value is -1.96. The zero-order valence-electron chi connectivity index (χ0n) is 19.3. The Morgan fingerprint density at radius 1 is 1.06 bits per heavy atom. The van der Waals surface area contributed by atoms with Gasteiger partial charge in [-0.2, -0.15) is 0 Å². The standard InChI is InChI=1S/C25H32ClN3O3S/c1-18-4-3-5-20(14-18)15-19-6-10-28(11-7-19)25(30)24-17-22(26)16-23(27-24)21-8-12-29(13-9-21)33(2,31)32/h3-5,14,16-17,19,21H,6-13,15H2,1-2H3. The molecule has 2 fully saturated rings. The van der Waals surface area contributed by atoms with Crippen molar-refractivity contribution < 1.29 is 13.2 Å². The molecule has 2 aliphatic rings. The van der Waals surface area contributed by atoms with E-state index in [2.05, 4.69) is 36.2 Å². The van der Waals surface area contributed by atoms with E-state index in [1.807, 2.05) is 11.0 Å². The van der Waals surface area contributed by atoms with Crippen molar-refractivity contribution in [3.63, 3.8) is 0 Å². The molecular formula is C25H32ClN3O3S. The second kappa shape index (κ2) is 10.1. The highest BCUT2D eigenvalue weighted by Gasteiger charge is 2.29. The van der Waals surface area contributed by atoms with Gasteiger partial charge in [0.1, 0.15) is 5.69 Å². The summed E-state index contributed by atoms with van der Waals surface area (Å²) in [7, 11) is -3.18. The van der Waals surface area contributed by atoms with Gasteiger partial charge < -0.3 is 4.90 Å². The van der Waals surface area contributed by atoms with Crippen LogP contribution in [-0.2, 0) is 16.4 Å². The van der Waals surface area contributed by atoms with E-state index in [1.54, 1.807) is 6.07 Å². The van der Waals surface area contributed by atoms with Crippen molar-refractivity contribution in [3.05, 3.63) is 63.9 Å². The van der Waals surface area contributed by atoms with Gasteiger partial charge in [0.15, 0.2) is 0 Å². The summed E-state index contributed by atoms with van der Waals surface area (Å²) < 4.78 is 25.1. The van der Waals surface area contributed by atoms with Crippen molar-refractivity contribution in [1.82, 2.24) is 14.2 Å². The summed E-state index contributed by atoms with van der Waals surface area (Å²) in [5.41, 5.74) is 3.82. The molecule has 0 aliphatic carbocycles. The van der Waals surface area contributed by atoms with Crippen LogP contribution in [0.4, 0.5) is 0 Å². The van der Waals surface area contributed by atoms with Crippen LogP contribution in [0.2, 0.25) is 5.02 Å². The first-order valence-electron chi connectivity index (χ1n) is 11.7. The highest BCUT2D eigenvalue weighted by molar-refractivity contribution is 7.88. The number of nitrogens with zero attached hydrogens (tertiary/aromatic N) is 3. The second-order valence-corrected chi connectivity index (χ2v) is 11.9. The van der Waals surface area contributed by atoms with Crippen LogP contribution in [-0.4, -0.2) is 60.9 Å². The molecule has 33 heavy (non-hydrogen) atoms. The minimum atomic E-state index is -3.18. The zero-order chi connectivity index (χ0) is 23.6. The van der Waals surface area contributed by atoms with Gasteiger partial charge in [-0.1, -0.05) is 41.4 Å². The first kappa shape index (κ1) is 24.2. The van der Waals surface area contributed by atoms with Crippen molar-refractivity contribution in [2.45, 2.75) is 44.9 Å². The lowest BCUT2D eigenvalue weighted by molar-refractivity contribution is 0.0684. The molecule has 0 atom stereocenters. The van der Waals surface area contributed by atoms with Crippen LogP contribution in [0.1, 0.15) is 58.9 Å². The highest BCUT2D eigenvalue weighted by atomic mass is 35.5. The van der Waals surface area contributed by atoms with E-state index >= 15 is 0 Å². The van der Waals surface area contributed by atoms with Gasteiger partial charge in [0.2, 0.25) is 10.0 Å². The number of amides is 1. The third-order valence-corrected chi connectivity index (χ3v) is 8.40. The number of rotatable bonds is 5. The molecule has 2 aliphatic heterocycles. The maximum absolute atomic E-state index is 13.2. The molecule has 1 amide bonds. The smallest absolute Gasteiger partial charge is 0.272 e. The average Bonchev–Trinajstić information content (AvgIpc) is 2.78. The molecule has 0 bridgehead atoms. The molecule has 0 N–H and O–H groups in total. The lowest BCUT2D eigenvalue weighted by Gasteiger charge is -2.32. The highest BCUT2D eigenvalue weighted by Crippen LogP contribution is 2.30. The molecule has 0 radical (unpaired) electrons. The van der Waals surface area contributed by atoms with E-state index in [1.165, 1.54) is 21.7 Å². The van der Waals surface area contributed by atoms with Gasteiger partial charge in [-0.15, -0.1) is 0 Å². The molecule has 0 unspecified atom stereocenters. The molecular weight excluding hydrogens is 458 g/mol. The van der Waals surface area contributed by atoms with Gasteiger partial charge in [-0.05, 0) is 62.6 Å². The van der Waals surface area contributed by atoms with Gasteiger partial charge in [0.05, 0.1) is 6.26 Å². The lowest BCUT2D eigenvalue weighted by Crippen LogP contribution is -2.39. The third-order valence-electron chi connectivity index (χ3n) is 6.88. The number of aromatic nitrogens is 1. The lowest BCUT2D eigenvalue weighted by atomic mass is 9.89. The molecule has 2 saturated heterocycles. The predicted molar refractivity (Wildman–Crippen MR) is 131 cm³/mol. The molecule has 2 aromatic rings. The number of hydrogen-bond donors (Lipinski definition) is 0. The first-order valence-corrected chi connectivity index (χ1v) is 13.9. The molecule has 178 valence electrons. The Kier molecular flexibility index (Phi) is 7.41. The van der Waals surface area contributed by atoms with Gasteiger partial charge in [-0.25, -0.2) is 17.7 Å². The summed E-state index contributed by atoms with van der Waals surface area (Å²) in [4.78, 5) is 19.8. The van der Waals surface area contributed by atoms with Crippen molar-refractivity contribution >= 4 is 27.5 Å². The Balaban J connectivity index is 1.37.